The molecule has 110 valence electrons. The van der Waals surface area contributed by atoms with Gasteiger partial charge in [-0.25, -0.2) is 9.67 Å². The molecule has 0 saturated heterocycles. The number of carboxylic acids is 1. The van der Waals surface area contributed by atoms with Crippen LogP contribution in [0.15, 0.2) is 30.3 Å². The second-order valence-electron chi connectivity index (χ2n) is 4.35. The van der Waals surface area contributed by atoms with Crippen LogP contribution in [0.5, 0.6) is 0 Å². The third kappa shape index (κ3) is 3.65. The minimum Gasteiger partial charge on any atom is -0.481 e. The van der Waals surface area contributed by atoms with E-state index in [2.05, 4.69) is 15.4 Å². The van der Waals surface area contributed by atoms with Gasteiger partial charge in [-0.1, -0.05) is 25.1 Å². The quantitative estimate of drug-likeness (QED) is 0.827. The minimum absolute atomic E-state index is 0.0427. The average Bonchev–Trinajstić information content (AvgIpc) is 2.92. The highest BCUT2D eigenvalue weighted by molar-refractivity contribution is 5.90. The van der Waals surface area contributed by atoms with E-state index in [0.29, 0.717) is 12.2 Å². The van der Waals surface area contributed by atoms with Crippen LogP contribution < -0.4 is 5.32 Å². The molecule has 0 aliphatic heterocycles. The molecule has 2 rings (SSSR count). The number of nitrogens with zero attached hydrogens (tertiary/aromatic N) is 3. The number of para-hydroxylation sites is 1. The Morgan fingerprint density at radius 1 is 1.29 bits per heavy atom. The molecule has 0 saturated carbocycles. The van der Waals surface area contributed by atoms with Crippen LogP contribution in [0.2, 0.25) is 0 Å². The molecule has 7 heteroatoms. The van der Waals surface area contributed by atoms with Crippen molar-refractivity contribution in [2.75, 3.05) is 6.54 Å². The Hall–Kier alpha value is -2.70. The molecule has 21 heavy (non-hydrogen) atoms. The maximum absolute atomic E-state index is 11.9. The summed E-state index contributed by atoms with van der Waals surface area (Å²) in [6, 6.07) is 9.40. The van der Waals surface area contributed by atoms with E-state index in [1.165, 1.54) is 0 Å². The van der Waals surface area contributed by atoms with Crippen molar-refractivity contribution in [2.45, 2.75) is 19.8 Å². The molecule has 0 aliphatic carbocycles. The Morgan fingerprint density at radius 3 is 2.62 bits per heavy atom. The Bertz CT molecular complexity index is 637. The molecule has 1 amide bonds. The number of amides is 1. The van der Waals surface area contributed by atoms with Crippen LogP contribution in [0, 0.1) is 0 Å². The van der Waals surface area contributed by atoms with Gasteiger partial charge in [-0.2, -0.15) is 0 Å². The van der Waals surface area contributed by atoms with Gasteiger partial charge in [0.15, 0.2) is 0 Å². The molecule has 0 spiro atoms. The van der Waals surface area contributed by atoms with Crippen LogP contribution in [-0.4, -0.2) is 38.3 Å². The normalized spacial score (nSPS) is 10.3. The number of carbonyl (C=O) groups is 2. The maximum Gasteiger partial charge on any atom is 0.305 e. The number of carboxylic acid groups (broad SMARTS) is 1. The number of rotatable bonds is 6. The molecule has 1 heterocycles. The zero-order valence-corrected chi connectivity index (χ0v) is 11.6. The molecule has 0 unspecified atom stereocenters. The van der Waals surface area contributed by atoms with Gasteiger partial charge in [0.2, 0.25) is 5.82 Å². The first kappa shape index (κ1) is 14.7. The lowest BCUT2D eigenvalue weighted by Gasteiger charge is -2.02. The summed E-state index contributed by atoms with van der Waals surface area (Å²) in [5.41, 5.74) is 0.825. The topological polar surface area (TPSA) is 97.1 Å². The summed E-state index contributed by atoms with van der Waals surface area (Å²) in [5.74, 6) is -0.723. The first-order chi connectivity index (χ1) is 10.1. The van der Waals surface area contributed by atoms with E-state index < -0.39 is 11.9 Å². The van der Waals surface area contributed by atoms with Gasteiger partial charge in [-0.15, -0.1) is 5.10 Å². The van der Waals surface area contributed by atoms with Gasteiger partial charge in [0.1, 0.15) is 5.82 Å². The third-order valence-corrected chi connectivity index (χ3v) is 2.82. The zero-order valence-electron chi connectivity index (χ0n) is 11.6. The van der Waals surface area contributed by atoms with E-state index in [1.54, 1.807) is 4.68 Å². The molecule has 7 nitrogen and oxygen atoms in total. The van der Waals surface area contributed by atoms with E-state index in [9.17, 15) is 9.59 Å². The van der Waals surface area contributed by atoms with Gasteiger partial charge in [-0.3, -0.25) is 9.59 Å². The molecule has 1 aromatic carbocycles. The predicted molar refractivity (Wildman–Crippen MR) is 75.3 cm³/mol. The number of aryl methyl sites for hydroxylation is 1. The van der Waals surface area contributed by atoms with Gasteiger partial charge in [0, 0.05) is 13.0 Å². The van der Waals surface area contributed by atoms with Crippen molar-refractivity contribution in [1.29, 1.82) is 0 Å². The van der Waals surface area contributed by atoms with Crippen molar-refractivity contribution >= 4 is 11.9 Å². The number of hydrogen-bond acceptors (Lipinski definition) is 4. The van der Waals surface area contributed by atoms with Crippen molar-refractivity contribution in [3.63, 3.8) is 0 Å². The standard InChI is InChI=1S/C14H16N4O3/c1-2-11-16-13(14(21)15-9-8-12(19)20)17-18(11)10-6-4-3-5-7-10/h3-7H,2,8-9H2,1H3,(H,15,21)(H,19,20). The SMILES string of the molecule is CCc1nc(C(=O)NCCC(=O)O)nn1-c1ccccc1. The lowest BCUT2D eigenvalue weighted by molar-refractivity contribution is -0.136. The average molecular weight is 288 g/mol. The summed E-state index contributed by atoms with van der Waals surface area (Å²) in [5, 5.41) is 15.2. The second kappa shape index (κ2) is 6.65. The van der Waals surface area contributed by atoms with Crippen LogP contribution in [-0.2, 0) is 11.2 Å². The highest BCUT2D eigenvalue weighted by atomic mass is 16.4. The molecule has 0 aliphatic rings. The van der Waals surface area contributed by atoms with E-state index in [1.807, 2.05) is 37.3 Å². The molecular formula is C14H16N4O3. The lowest BCUT2D eigenvalue weighted by Crippen LogP contribution is -2.27. The highest BCUT2D eigenvalue weighted by Crippen LogP contribution is 2.10. The molecule has 0 radical (unpaired) electrons. The molecular weight excluding hydrogens is 272 g/mol. The molecule has 2 N–H and O–H groups in total. The van der Waals surface area contributed by atoms with Crippen molar-refractivity contribution in [2.24, 2.45) is 0 Å². The maximum atomic E-state index is 11.9. The molecule has 0 atom stereocenters. The second-order valence-corrected chi connectivity index (χ2v) is 4.35. The van der Waals surface area contributed by atoms with Crippen LogP contribution in [0.4, 0.5) is 0 Å². The van der Waals surface area contributed by atoms with Crippen LogP contribution in [0.3, 0.4) is 0 Å². The predicted octanol–water partition coefficient (Wildman–Crippen LogP) is 1.03. The summed E-state index contributed by atoms with van der Waals surface area (Å²) < 4.78 is 1.62. The highest BCUT2D eigenvalue weighted by Gasteiger charge is 2.16. The van der Waals surface area contributed by atoms with Crippen molar-refractivity contribution < 1.29 is 14.7 Å². The Kier molecular flexibility index (Phi) is 4.65. The first-order valence-electron chi connectivity index (χ1n) is 6.63. The first-order valence-corrected chi connectivity index (χ1v) is 6.63. The molecule has 0 bridgehead atoms. The van der Waals surface area contributed by atoms with Gasteiger partial charge >= 0.3 is 5.97 Å². The van der Waals surface area contributed by atoms with Crippen molar-refractivity contribution in [3.8, 4) is 5.69 Å². The zero-order chi connectivity index (χ0) is 15.2. The fourth-order valence-corrected chi connectivity index (χ4v) is 1.81. The van der Waals surface area contributed by atoms with E-state index >= 15 is 0 Å². The summed E-state index contributed by atoms with van der Waals surface area (Å²) in [4.78, 5) is 26.5. The van der Waals surface area contributed by atoms with E-state index in [4.69, 9.17) is 5.11 Å². The molecule has 2 aromatic rings. The van der Waals surface area contributed by atoms with Crippen LogP contribution in [0.25, 0.3) is 5.69 Å². The fourth-order valence-electron chi connectivity index (χ4n) is 1.81. The lowest BCUT2D eigenvalue weighted by atomic mass is 10.3. The summed E-state index contributed by atoms with van der Waals surface area (Å²) in [6.07, 6.45) is 0.496. The van der Waals surface area contributed by atoms with Gasteiger partial charge < -0.3 is 10.4 Å². The number of aromatic nitrogens is 3. The Labute approximate surface area is 121 Å². The molecule has 0 fully saturated rings. The number of aliphatic carboxylic acids is 1. The largest absolute Gasteiger partial charge is 0.481 e. The van der Waals surface area contributed by atoms with E-state index in [-0.39, 0.29) is 18.8 Å². The summed E-state index contributed by atoms with van der Waals surface area (Å²) in [6.45, 7) is 1.98. The Morgan fingerprint density at radius 2 is 2.00 bits per heavy atom. The number of hydrogen-bond donors (Lipinski definition) is 2. The number of carbonyl (C=O) groups excluding carboxylic acids is 1. The van der Waals surface area contributed by atoms with Crippen molar-refractivity contribution in [1.82, 2.24) is 20.1 Å². The minimum atomic E-state index is -0.965. The summed E-state index contributed by atoms with van der Waals surface area (Å²) in [7, 11) is 0. The van der Waals surface area contributed by atoms with Gasteiger partial charge in [-0.05, 0) is 12.1 Å². The Balaban J connectivity index is 2.17. The van der Waals surface area contributed by atoms with E-state index in [0.717, 1.165) is 5.69 Å². The third-order valence-electron chi connectivity index (χ3n) is 2.82. The van der Waals surface area contributed by atoms with Crippen LogP contribution in [0.1, 0.15) is 29.8 Å². The van der Waals surface area contributed by atoms with Crippen molar-refractivity contribution in [3.05, 3.63) is 42.0 Å². The smallest absolute Gasteiger partial charge is 0.305 e. The number of benzene rings is 1. The van der Waals surface area contributed by atoms with Gasteiger partial charge in [0.25, 0.3) is 5.91 Å². The summed E-state index contributed by atoms with van der Waals surface area (Å²) >= 11 is 0. The number of nitrogens with one attached hydrogen (secondary N) is 1. The van der Waals surface area contributed by atoms with Gasteiger partial charge in [0.05, 0.1) is 12.1 Å². The monoisotopic (exact) mass is 288 g/mol. The van der Waals surface area contributed by atoms with Crippen LogP contribution >= 0.6 is 0 Å². The molecule has 1 aromatic heterocycles. The fraction of sp³-hybridized carbons (Fsp3) is 0.286.